The molecule has 3 aromatic carbocycles. The van der Waals surface area contributed by atoms with E-state index in [1.54, 1.807) is 6.20 Å². The smallest absolute Gasteiger partial charge is 0.220 e. The third-order valence-corrected chi connectivity index (χ3v) is 7.07. The monoisotopic (exact) mass is 460 g/mol. The van der Waals surface area contributed by atoms with Crippen molar-refractivity contribution in [3.63, 3.8) is 0 Å². The number of nitrogens with one attached hydrogen (secondary N) is 2. The van der Waals surface area contributed by atoms with Crippen LogP contribution >= 0.6 is 0 Å². The average molecular weight is 461 g/mol. The van der Waals surface area contributed by atoms with Gasteiger partial charge in [-0.3, -0.25) is 0 Å². The maximum Gasteiger partial charge on any atom is 0.220 e. The lowest BCUT2D eigenvalue weighted by atomic mass is 9.87. The number of nitrogens with zero attached hydrogens (tertiary/aromatic N) is 3. The second-order valence-corrected chi connectivity index (χ2v) is 10.0. The van der Waals surface area contributed by atoms with Crippen molar-refractivity contribution in [3.8, 4) is 0 Å². The molecule has 35 heavy (non-hydrogen) atoms. The summed E-state index contributed by atoms with van der Waals surface area (Å²) in [5.41, 5.74) is 14.1. The fourth-order valence-electron chi connectivity index (χ4n) is 5.08. The van der Waals surface area contributed by atoms with Crippen LogP contribution in [0.15, 0.2) is 67.0 Å². The highest BCUT2D eigenvalue weighted by Gasteiger charge is 2.29. The van der Waals surface area contributed by atoms with Crippen molar-refractivity contribution in [3.05, 3.63) is 89.2 Å². The Morgan fingerprint density at radius 1 is 1.00 bits per heavy atom. The average Bonchev–Trinajstić information content (AvgIpc) is 3.15. The first-order valence-corrected chi connectivity index (χ1v) is 11.9. The standard InChI is InChI=1S/C29H28N6/c1-17-4-7-22-21(23(17)13-18-5-9-25-19(12-18)15-32-28(30)35-25)10-11-31-27(22)34-20-6-8-24-26(14-20)33-16-29(24,2)3/h4-12,14-15,33H,13,16H2,1-3H3,(H,31,34)(H2,30,32,35). The molecule has 0 saturated carbocycles. The van der Waals surface area contributed by atoms with Crippen LogP contribution in [0.4, 0.5) is 23.1 Å². The lowest BCUT2D eigenvalue weighted by Gasteiger charge is -2.17. The molecule has 6 rings (SSSR count). The zero-order valence-electron chi connectivity index (χ0n) is 20.2. The topological polar surface area (TPSA) is 88.8 Å². The number of benzene rings is 3. The van der Waals surface area contributed by atoms with E-state index in [2.05, 4.69) is 89.9 Å². The number of anilines is 4. The van der Waals surface area contributed by atoms with E-state index in [-0.39, 0.29) is 5.41 Å². The maximum absolute atomic E-state index is 5.74. The summed E-state index contributed by atoms with van der Waals surface area (Å²) in [6.45, 7) is 7.66. The molecule has 0 aliphatic carbocycles. The van der Waals surface area contributed by atoms with E-state index in [0.717, 1.165) is 40.8 Å². The van der Waals surface area contributed by atoms with E-state index in [1.165, 1.54) is 33.3 Å². The molecule has 5 aromatic rings. The normalized spacial score (nSPS) is 14.1. The highest BCUT2D eigenvalue weighted by Crippen LogP contribution is 2.38. The van der Waals surface area contributed by atoms with E-state index in [4.69, 9.17) is 10.7 Å². The Bertz CT molecular complexity index is 1600. The number of pyridine rings is 1. The molecular formula is C29H28N6. The van der Waals surface area contributed by atoms with Crippen molar-refractivity contribution in [2.75, 3.05) is 22.9 Å². The van der Waals surface area contributed by atoms with Crippen LogP contribution in [0.1, 0.15) is 36.1 Å². The van der Waals surface area contributed by atoms with Gasteiger partial charge in [-0.05, 0) is 71.3 Å². The summed E-state index contributed by atoms with van der Waals surface area (Å²) in [4.78, 5) is 13.2. The first-order chi connectivity index (χ1) is 16.9. The summed E-state index contributed by atoms with van der Waals surface area (Å²) < 4.78 is 0. The SMILES string of the molecule is Cc1ccc2c(Nc3ccc4c(c3)NCC4(C)C)nccc2c1Cc1ccc2nc(N)ncc2c1. The molecule has 3 heterocycles. The van der Waals surface area contributed by atoms with Gasteiger partial charge in [0.15, 0.2) is 0 Å². The minimum absolute atomic E-state index is 0.152. The molecule has 6 nitrogen and oxygen atoms in total. The van der Waals surface area contributed by atoms with Gasteiger partial charge in [0.2, 0.25) is 5.95 Å². The molecule has 0 fully saturated rings. The highest BCUT2D eigenvalue weighted by atomic mass is 15.0. The summed E-state index contributed by atoms with van der Waals surface area (Å²) in [6, 6.07) is 19.3. The Kier molecular flexibility index (Phi) is 4.85. The van der Waals surface area contributed by atoms with Gasteiger partial charge < -0.3 is 16.4 Å². The van der Waals surface area contributed by atoms with Crippen LogP contribution in [0.25, 0.3) is 21.7 Å². The van der Waals surface area contributed by atoms with Gasteiger partial charge in [-0.25, -0.2) is 15.0 Å². The number of nitrogens with two attached hydrogens (primary N) is 1. The van der Waals surface area contributed by atoms with E-state index >= 15 is 0 Å². The lowest BCUT2D eigenvalue weighted by Crippen LogP contribution is -2.18. The van der Waals surface area contributed by atoms with Gasteiger partial charge in [0.05, 0.1) is 5.52 Å². The van der Waals surface area contributed by atoms with Gasteiger partial charge in [0, 0.05) is 46.5 Å². The van der Waals surface area contributed by atoms with Crippen molar-refractivity contribution in [2.45, 2.75) is 32.6 Å². The van der Waals surface area contributed by atoms with Gasteiger partial charge in [-0.2, -0.15) is 0 Å². The van der Waals surface area contributed by atoms with E-state index in [9.17, 15) is 0 Å². The maximum atomic E-state index is 5.74. The van der Waals surface area contributed by atoms with Gasteiger partial charge in [0.1, 0.15) is 5.82 Å². The number of aryl methyl sites for hydroxylation is 1. The number of nitrogen functional groups attached to an aromatic ring is 1. The van der Waals surface area contributed by atoms with Gasteiger partial charge in [-0.1, -0.05) is 38.1 Å². The molecule has 0 radical (unpaired) electrons. The Balaban J connectivity index is 1.36. The number of hydrogen-bond donors (Lipinski definition) is 3. The fraction of sp³-hybridized carbons (Fsp3) is 0.207. The van der Waals surface area contributed by atoms with Crippen molar-refractivity contribution in [1.82, 2.24) is 15.0 Å². The molecule has 4 N–H and O–H groups in total. The van der Waals surface area contributed by atoms with Crippen molar-refractivity contribution in [2.24, 2.45) is 0 Å². The zero-order chi connectivity index (χ0) is 24.2. The molecule has 0 bridgehead atoms. The predicted molar refractivity (Wildman–Crippen MR) is 144 cm³/mol. The molecule has 0 atom stereocenters. The van der Waals surface area contributed by atoms with Crippen LogP contribution in [0.3, 0.4) is 0 Å². The largest absolute Gasteiger partial charge is 0.384 e. The molecular weight excluding hydrogens is 432 g/mol. The van der Waals surface area contributed by atoms with Crippen LogP contribution in [-0.2, 0) is 11.8 Å². The fourth-order valence-corrected chi connectivity index (χ4v) is 5.08. The Hall–Kier alpha value is -4.19. The third kappa shape index (κ3) is 3.81. The quantitative estimate of drug-likeness (QED) is 0.300. The summed E-state index contributed by atoms with van der Waals surface area (Å²) >= 11 is 0. The van der Waals surface area contributed by atoms with Crippen molar-refractivity contribution in [1.29, 1.82) is 0 Å². The summed E-state index contributed by atoms with van der Waals surface area (Å²) in [6.07, 6.45) is 4.49. The Morgan fingerprint density at radius 2 is 1.89 bits per heavy atom. The van der Waals surface area contributed by atoms with Gasteiger partial charge >= 0.3 is 0 Å². The van der Waals surface area contributed by atoms with Crippen LogP contribution in [-0.4, -0.2) is 21.5 Å². The zero-order valence-corrected chi connectivity index (χ0v) is 20.2. The lowest BCUT2D eigenvalue weighted by molar-refractivity contribution is 0.586. The van der Waals surface area contributed by atoms with Crippen LogP contribution in [0.2, 0.25) is 0 Å². The minimum atomic E-state index is 0.152. The molecule has 1 aliphatic rings. The van der Waals surface area contributed by atoms with Gasteiger partial charge in [0.25, 0.3) is 0 Å². The molecule has 0 saturated heterocycles. The summed E-state index contributed by atoms with van der Waals surface area (Å²) in [7, 11) is 0. The Labute approximate surface area is 204 Å². The summed E-state index contributed by atoms with van der Waals surface area (Å²) in [5.74, 6) is 1.16. The predicted octanol–water partition coefficient (Wildman–Crippen LogP) is 6.11. The van der Waals surface area contributed by atoms with Crippen LogP contribution < -0.4 is 16.4 Å². The first-order valence-electron chi connectivity index (χ1n) is 11.9. The number of fused-ring (bicyclic) bond motifs is 3. The molecule has 174 valence electrons. The van der Waals surface area contributed by atoms with Crippen molar-refractivity contribution < 1.29 is 0 Å². The molecule has 0 spiro atoms. The number of aromatic nitrogens is 3. The van der Waals surface area contributed by atoms with E-state index in [1.807, 2.05) is 12.3 Å². The number of rotatable bonds is 4. The van der Waals surface area contributed by atoms with E-state index < -0.39 is 0 Å². The molecule has 0 amide bonds. The van der Waals surface area contributed by atoms with Crippen molar-refractivity contribution >= 4 is 44.8 Å². The van der Waals surface area contributed by atoms with Gasteiger partial charge in [-0.15, -0.1) is 0 Å². The highest BCUT2D eigenvalue weighted by molar-refractivity contribution is 5.96. The summed E-state index contributed by atoms with van der Waals surface area (Å²) in [5, 5.41) is 10.4. The molecule has 1 aliphatic heterocycles. The molecule has 0 unspecified atom stereocenters. The second kappa shape index (κ2) is 7.94. The molecule has 2 aromatic heterocycles. The third-order valence-electron chi connectivity index (χ3n) is 7.07. The minimum Gasteiger partial charge on any atom is -0.384 e. The Morgan fingerprint density at radius 3 is 2.77 bits per heavy atom. The molecule has 6 heteroatoms. The van der Waals surface area contributed by atoms with Crippen LogP contribution in [0, 0.1) is 6.92 Å². The second-order valence-electron chi connectivity index (χ2n) is 10.0. The first kappa shape index (κ1) is 21.4. The number of hydrogen-bond acceptors (Lipinski definition) is 6. The van der Waals surface area contributed by atoms with E-state index in [0.29, 0.717) is 5.95 Å². The van der Waals surface area contributed by atoms with Crippen LogP contribution in [0.5, 0.6) is 0 Å².